The van der Waals surface area contributed by atoms with Crippen LogP contribution in [0.5, 0.6) is 0 Å². The van der Waals surface area contributed by atoms with Crippen LogP contribution in [0.1, 0.15) is 34.3 Å². The van der Waals surface area contributed by atoms with Crippen molar-refractivity contribution in [2.75, 3.05) is 13.1 Å². The number of hydrogen-bond acceptors (Lipinski definition) is 1. The molecule has 1 amide bonds. The van der Waals surface area contributed by atoms with Crippen molar-refractivity contribution in [1.29, 1.82) is 0 Å². The minimum absolute atomic E-state index is 0.0846. The minimum Gasteiger partial charge on any atom is -0.338 e. The summed E-state index contributed by atoms with van der Waals surface area (Å²) in [5.74, 6) is 4.24. The van der Waals surface area contributed by atoms with Gasteiger partial charge in [0.15, 0.2) is 0 Å². The van der Waals surface area contributed by atoms with Gasteiger partial charge in [-0.1, -0.05) is 30.0 Å². The third kappa shape index (κ3) is 4.45. The molecule has 1 aliphatic heterocycles. The molecule has 0 N–H and O–H groups in total. The fourth-order valence-electron chi connectivity index (χ4n) is 2.97. The van der Waals surface area contributed by atoms with Crippen LogP contribution in [0.15, 0.2) is 54.6 Å². The molecule has 2 aromatic rings. The Kier molecular flexibility index (Phi) is 5.32. The molecule has 0 aliphatic carbocycles. The summed E-state index contributed by atoms with van der Waals surface area (Å²) < 4.78 is 38.7. The fraction of sp³-hybridized carbons (Fsp3) is 0.286. The number of carbonyl (C=O) groups excluding carboxylic acids is 1. The van der Waals surface area contributed by atoms with Crippen LogP contribution in [-0.4, -0.2) is 30.1 Å². The van der Waals surface area contributed by atoms with Crippen molar-refractivity contribution < 1.29 is 18.0 Å². The van der Waals surface area contributed by atoms with E-state index in [2.05, 4.69) is 11.8 Å². The highest BCUT2D eigenvalue weighted by molar-refractivity contribution is 5.94. The Hall–Kier alpha value is -2.74. The summed E-state index contributed by atoms with van der Waals surface area (Å²) >= 11 is 0. The van der Waals surface area contributed by atoms with Gasteiger partial charge in [0, 0.05) is 29.8 Å². The standard InChI is InChI=1S/C21H18F3NO/c22-21(23,24)19-7-4-14-25(15-19)20(26)18-12-10-17(11-13-18)9-8-16-5-2-1-3-6-16/h1-3,5-6,10-13,19H,4,7,14-15H2/t19-/m0/s1. The molecule has 1 saturated heterocycles. The van der Waals surface area contributed by atoms with Crippen LogP contribution in [0.3, 0.4) is 0 Å². The monoisotopic (exact) mass is 357 g/mol. The lowest BCUT2D eigenvalue weighted by Crippen LogP contribution is -2.44. The molecule has 0 bridgehead atoms. The molecule has 0 aromatic heterocycles. The Balaban J connectivity index is 1.68. The molecule has 26 heavy (non-hydrogen) atoms. The lowest BCUT2D eigenvalue weighted by Gasteiger charge is -2.33. The van der Waals surface area contributed by atoms with Crippen molar-refractivity contribution in [3.8, 4) is 11.8 Å². The second kappa shape index (κ2) is 7.65. The minimum atomic E-state index is -4.25. The van der Waals surface area contributed by atoms with Crippen molar-refractivity contribution in [3.63, 3.8) is 0 Å². The van der Waals surface area contributed by atoms with Gasteiger partial charge in [-0.2, -0.15) is 13.2 Å². The predicted octanol–water partition coefficient (Wildman–Crippen LogP) is 4.50. The van der Waals surface area contributed by atoms with E-state index in [1.807, 2.05) is 30.3 Å². The number of amides is 1. The quantitative estimate of drug-likeness (QED) is 0.688. The van der Waals surface area contributed by atoms with E-state index in [-0.39, 0.29) is 18.9 Å². The number of benzene rings is 2. The van der Waals surface area contributed by atoms with Gasteiger partial charge in [-0.05, 0) is 49.2 Å². The number of likely N-dealkylation sites (tertiary alicyclic amines) is 1. The van der Waals surface area contributed by atoms with Crippen molar-refractivity contribution in [2.45, 2.75) is 19.0 Å². The van der Waals surface area contributed by atoms with Gasteiger partial charge in [0.2, 0.25) is 0 Å². The van der Waals surface area contributed by atoms with Gasteiger partial charge in [0.25, 0.3) is 5.91 Å². The molecule has 1 fully saturated rings. The zero-order chi connectivity index (χ0) is 18.6. The van der Waals surface area contributed by atoms with Gasteiger partial charge < -0.3 is 4.90 Å². The number of nitrogens with zero attached hydrogens (tertiary/aromatic N) is 1. The maximum absolute atomic E-state index is 12.9. The molecule has 2 aromatic carbocycles. The van der Waals surface area contributed by atoms with Crippen LogP contribution in [-0.2, 0) is 0 Å². The topological polar surface area (TPSA) is 20.3 Å². The Labute approximate surface area is 150 Å². The van der Waals surface area contributed by atoms with Crippen molar-refractivity contribution in [1.82, 2.24) is 4.90 Å². The van der Waals surface area contributed by atoms with Gasteiger partial charge in [-0.3, -0.25) is 4.79 Å². The van der Waals surface area contributed by atoms with Gasteiger partial charge in [-0.15, -0.1) is 0 Å². The zero-order valence-corrected chi connectivity index (χ0v) is 14.1. The lowest BCUT2D eigenvalue weighted by atomic mass is 9.97. The molecule has 0 unspecified atom stereocenters. The summed E-state index contributed by atoms with van der Waals surface area (Å²) in [7, 11) is 0. The average molecular weight is 357 g/mol. The molecule has 1 aliphatic rings. The van der Waals surface area contributed by atoms with Crippen LogP contribution in [0.2, 0.25) is 0 Å². The van der Waals surface area contributed by atoms with Gasteiger partial charge in [0.05, 0.1) is 5.92 Å². The second-order valence-electron chi connectivity index (χ2n) is 6.33. The van der Waals surface area contributed by atoms with Crippen molar-refractivity contribution >= 4 is 5.91 Å². The van der Waals surface area contributed by atoms with E-state index in [1.54, 1.807) is 24.3 Å². The smallest absolute Gasteiger partial charge is 0.338 e. The zero-order valence-electron chi connectivity index (χ0n) is 14.1. The summed E-state index contributed by atoms with van der Waals surface area (Å²) in [6, 6.07) is 16.2. The summed E-state index contributed by atoms with van der Waals surface area (Å²) in [5, 5.41) is 0. The first-order valence-electron chi connectivity index (χ1n) is 8.46. The number of rotatable bonds is 1. The summed E-state index contributed by atoms with van der Waals surface area (Å²) in [6.07, 6.45) is -3.80. The molecule has 1 atom stereocenters. The second-order valence-corrected chi connectivity index (χ2v) is 6.33. The number of halogens is 3. The molecule has 0 radical (unpaired) electrons. The summed E-state index contributed by atoms with van der Waals surface area (Å²) in [6.45, 7) is 0.0961. The fourth-order valence-corrected chi connectivity index (χ4v) is 2.97. The van der Waals surface area contributed by atoms with E-state index in [0.29, 0.717) is 18.5 Å². The molecule has 0 spiro atoms. The van der Waals surface area contributed by atoms with Crippen molar-refractivity contribution in [3.05, 3.63) is 71.3 Å². The van der Waals surface area contributed by atoms with Crippen molar-refractivity contribution in [2.24, 2.45) is 5.92 Å². The van der Waals surface area contributed by atoms with E-state index >= 15 is 0 Å². The largest absolute Gasteiger partial charge is 0.393 e. The Morgan fingerprint density at radius 1 is 0.962 bits per heavy atom. The molecular formula is C21H18F3NO. The van der Waals surface area contributed by atoms with Crippen LogP contribution >= 0.6 is 0 Å². The van der Waals surface area contributed by atoms with E-state index in [4.69, 9.17) is 0 Å². The Morgan fingerprint density at radius 2 is 1.58 bits per heavy atom. The van der Waals surface area contributed by atoms with Gasteiger partial charge in [0.1, 0.15) is 0 Å². The third-order valence-corrected chi connectivity index (χ3v) is 4.43. The molecule has 1 heterocycles. The summed E-state index contributed by atoms with van der Waals surface area (Å²) in [4.78, 5) is 13.8. The van der Waals surface area contributed by atoms with E-state index in [1.165, 1.54) is 4.90 Å². The van der Waals surface area contributed by atoms with Crippen LogP contribution in [0.25, 0.3) is 0 Å². The van der Waals surface area contributed by atoms with Gasteiger partial charge >= 0.3 is 6.18 Å². The predicted molar refractivity (Wildman–Crippen MR) is 93.5 cm³/mol. The maximum atomic E-state index is 12.9. The van der Waals surface area contributed by atoms with Crippen LogP contribution in [0.4, 0.5) is 13.2 Å². The van der Waals surface area contributed by atoms with E-state index in [9.17, 15) is 18.0 Å². The molecule has 2 nitrogen and oxygen atoms in total. The molecule has 134 valence electrons. The summed E-state index contributed by atoms with van der Waals surface area (Å²) in [5.41, 5.74) is 2.02. The lowest BCUT2D eigenvalue weighted by molar-refractivity contribution is -0.184. The number of piperidine rings is 1. The van der Waals surface area contributed by atoms with E-state index in [0.717, 1.165) is 11.1 Å². The molecule has 0 saturated carbocycles. The first-order valence-corrected chi connectivity index (χ1v) is 8.46. The first-order chi connectivity index (χ1) is 12.4. The highest BCUT2D eigenvalue weighted by atomic mass is 19.4. The highest BCUT2D eigenvalue weighted by Gasteiger charge is 2.42. The molecule has 3 rings (SSSR count). The van der Waals surface area contributed by atoms with Crippen LogP contribution < -0.4 is 0 Å². The average Bonchev–Trinajstić information content (AvgIpc) is 2.66. The van der Waals surface area contributed by atoms with E-state index < -0.39 is 12.1 Å². The SMILES string of the molecule is O=C(c1ccc(C#Cc2ccccc2)cc1)N1CCC[C@H](C(F)(F)F)C1. The number of carbonyl (C=O) groups is 1. The Morgan fingerprint density at radius 3 is 2.19 bits per heavy atom. The Bertz CT molecular complexity index is 816. The molecular weight excluding hydrogens is 339 g/mol. The third-order valence-electron chi connectivity index (χ3n) is 4.43. The number of hydrogen-bond donors (Lipinski definition) is 0. The first kappa shape index (κ1) is 18.1. The number of alkyl halides is 3. The van der Waals surface area contributed by atoms with Crippen LogP contribution in [0, 0.1) is 17.8 Å². The molecule has 5 heteroatoms. The maximum Gasteiger partial charge on any atom is 0.393 e. The highest BCUT2D eigenvalue weighted by Crippen LogP contribution is 2.33. The normalized spacial score (nSPS) is 17.3. The van der Waals surface area contributed by atoms with Gasteiger partial charge in [-0.25, -0.2) is 0 Å².